The van der Waals surface area contributed by atoms with Crippen molar-refractivity contribution in [3.8, 4) is 11.5 Å². The Kier molecular flexibility index (Phi) is 6.71. The molecule has 1 fully saturated rings. The molecule has 5 nitrogen and oxygen atoms in total. The summed E-state index contributed by atoms with van der Waals surface area (Å²) < 4.78 is 16.8. The van der Waals surface area contributed by atoms with Gasteiger partial charge in [0.1, 0.15) is 18.1 Å². The third kappa shape index (κ3) is 5.47. The van der Waals surface area contributed by atoms with E-state index in [1.807, 2.05) is 50.2 Å². The summed E-state index contributed by atoms with van der Waals surface area (Å²) in [6, 6.07) is 14.9. The number of nitrogens with one attached hydrogen (secondary N) is 1. The van der Waals surface area contributed by atoms with Gasteiger partial charge in [0.25, 0.3) is 5.91 Å². The largest absolute Gasteiger partial charge is 0.494 e. The number of amides is 1. The summed E-state index contributed by atoms with van der Waals surface area (Å²) in [5.41, 5.74) is 1.61. The zero-order valence-electron chi connectivity index (χ0n) is 15.9. The van der Waals surface area contributed by atoms with Gasteiger partial charge in [-0.2, -0.15) is 0 Å². The van der Waals surface area contributed by atoms with Crippen LogP contribution in [0.4, 0.5) is 0 Å². The molecule has 1 heterocycles. The molecule has 5 heteroatoms. The Hall–Kier alpha value is -2.53. The van der Waals surface area contributed by atoms with Crippen LogP contribution in [-0.2, 0) is 4.74 Å². The van der Waals surface area contributed by atoms with Crippen LogP contribution in [0.25, 0.3) is 0 Å². The molecule has 27 heavy (non-hydrogen) atoms. The summed E-state index contributed by atoms with van der Waals surface area (Å²) in [5.74, 6) is 1.44. The number of ether oxygens (including phenoxy) is 3. The number of carbonyl (C=O) groups is 1. The average molecular weight is 369 g/mol. The molecule has 0 spiro atoms. The highest BCUT2D eigenvalue weighted by molar-refractivity contribution is 5.94. The van der Waals surface area contributed by atoms with Gasteiger partial charge in [-0.15, -0.1) is 0 Å². The van der Waals surface area contributed by atoms with Gasteiger partial charge in [-0.25, -0.2) is 0 Å². The van der Waals surface area contributed by atoms with E-state index >= 15 is 0 Å². The van der Waals surface area contributed by atoms with E-state index < -0.39 is 0 Å². The second-order valence-electron chi connectivity index (χ2n) is 6.67. The second kappa shape index (κ2) is 9.42. The van der Waals surface area contributed by atoms with Crippen molar-refractivity contribution in [3.05, 3.63) is 59.7 Å². The van der Waals surface area contributed by atoms with E-state index in [-0.39, 0.29) is 18.1 Å². The Morgan fingerprint density at radius 2 is 2.00 bits per heavy atom. The molecule has 2 aromatic carbocycles. The smallest absolute Gasteiger partial charge is 0.251 e. The molecule has 0 saturated carbocycles. The molecule has 3 rings (SSSR count). The predicted molar refractivity (Wildman–Crippen MR) is 104 cm³/mol. The first-order valence-corrected chi connectivity index (χ1v) is 9.54. The topological polar surface area (TPSA) is 56.8 Å². The zero-order chi connectivity index (χ0) is 19.1. The first-order chi connectivity index (χ1) is 13.2. The van der Waals surface area contributed by atoms with Crippen LogP contribution in [0.15, 0.2) is 48.5 Å². The third-order valence-corrected chi connectivity index (χ3v) is 4.59. The Morgan fingerprint density at radius 1 is 1.19 bits per heavy atom. The Labute approximate surface area is 160 Å². The van der Waals surface area contributed by atoms with Crippen LogP contribution in [0.1, 0.15) is 48.7 Å². The van der Waals surface area contributed by atoms with Gasteiger partial charge >= 0.3 is 0 Å². The summed E-state index contributed by atoms with van der Waals surface area (Å²) in [4.78, 5) is 12.5. The maximum absolute atomic E-state index is 12.5. The number of rotatable bonds is 8. The highest BCUT2D eigenvalue weighted by Gasteiger charge is 2.16. The van der Waals surface area contributed by atoms with Crippen molar-refractivity contribution in [2.24, 2.45) is 0 Å². The van der Waals surface area contributed by atoms with E-state index in [0.29, 0.717) is 18.8 Å². The van der Waals surface area contributed by atoms with Gasteiger partial charge in [0.2, 0.25) is 0 Å². The Balaban J connectivity index is 1.54. The van der Waals surface area contributed by atoms with Crippen molar-refractivity contribution in [1.29, 1.82) is 0 Å². The molecule has 0 radical (unpaired) electrons. The van der Waals surface area contributed by atoms with Gasteiger partial charge < -0.3 is 19.5 Å². The van der Waals surface area contributed by atoms with Crippen LogP contribution >= 0.6 is 0 Å². The Bertz CT molecular complexity index is 738. The summed E-state index contributed by atoms with van der Waals surface area (Å²) in [7, 11) is 0. The zero-order valence-corrected chi connectivity index (χ0v) is 15.9. The molecule has 2 aromatic rings. The van der Waals surface area contributed by atoms with Crippen molar-refractivity contribution in [3.63, 3.8) is 0 Å². The van der Waals surface area contributed by atoms with E-state index in [0.717, 1.165) is 36.5 Å². The fraction of sp³-hybridized carbons (Fsp3) is 0.409. The number of benzene rings is 2. The first-order valence-electron chi connectivity index (χ1n) is 9.54. The van der Waals surface area contributed by atoms with Crippen molar-refractivity contribution >= 4 is 5.91 Å². The van der Waals surface area contributed by atoms with Crippen LogP contribution in [0.5, 0.6) is 11.5 Å². The molecule has 144 valence electrons. The highest BCUT2D eigenvalue weighted by Crippen LogP contribution is 2.20. The van der Waals surface area contributed by atoms with Gasteiger partial charge in [0, 0.05) is 12.2 Å². The summed E-state index contributed by atoms with van der Waals surface area (Å²) >= 11 is 0. The Morgan fingerprint density at radius 3 is 2.70 bits per heavy atom. The van der Waals surface area contributed by atoms with Crippen LogP contribution < -0.4 is 14.8 Å². The second-order valence-corrected chi connectivity index (χ2v) is 6.67. The molecule has 1 N–H and O–H groups in total. The molecule has 0 bridgehead atoms. The standard InChI is InChI=1S/C22H27NO4/c1-3-25-20-7-4-6-18(14-20)16(2)23-22(24)17-9-11-19(12-10-17)27-15-21-8-5-13-26-21/h4,6-7,9-12,14,16,21H,3,5,8,13,15H2,1-2H3,(H,23,24). The van der Waals surface area contributed by atoms with E-state index in [1.54, 1.807) is 12.1 Å². The van der Waals surface area contributed by atoms with Gasteiger partial charge in [-0.05, 0) is 68.7 Å². The minimum atomic E-state index is -0.117. The van der Waals surface area contributed by atoms with E-state index in [4.69, 9.17) is 14.2 Å². The van der Waals surface area contributed by atoms with Crippen LogP contribution in [-0.4, -0.2) is 31.8 Å². The molecule has 0 aliphatic carbocycles. The van der Waals surface area contributed by atoms with Gasteiger partial charge in [0.15, 0.2) is 0 Å². The van der Waals surface area contributed by atoms with E-state index in [9.17, 15) is 4.79 Å². The lowest BCUT2D eigenvalue weighted by Gasteiger charge is -2.16. The maximum atomic E-state index is 12.5. The third-order valence-electron chi connectivity index (χ3n) is 4.59. The molecule has 1 aliphatic heterocycles. The van der Waals surface area contributed by atoms with Crippen LogP contribution in [0, 0.1) is 0 Å². The monoisotopic (exact) mass is 369 g/mol. The molecule has 1 amide bonds. The lowest BCUT2D eigenvalue weighted by atomic mass is 10.1. The maximum Gasteiger partial charge on any atom is 0.251 e. The molecular formula is C22H27NO4. The van der Waals surface area contributed by atoms with Crippen molar-refractivity contribution in [1.82, 2.24) is 5.32 Å². The molecule has 1 aliphatic rings. The van der Waals surface area contributed by atoms with E-state index in [1.165, 1.54) is 0 Å². The van der Waals surface area contributed by atoms with Crippen LogP contribution in [0.3, 0.4) is 0 Å². The molecule has 1 saturated heterocycles. The quantitative estimate of drug-likeness (QED) is 0.760. The average Bonchev–Trinajstić information content (AvgIpc) is 3.21. The minimum absolute atomic E-state index is 0.116. The van der Waals surface area contributed by atoms with Gasteiger partial charge in [-0.3, -0.25) is 4.79 Å². The van der Waals surface area contributed by atoms with Crippen molar-refractivity contribution in [2.75, 3.05) is 19.8 Å². The molecule has 0 aromatic heterocycles. The van der Waals surface area contributed by atoms with Crippen molar-refractivity contribution in [2.45, 2.75) is 38.8 Å². The van der Waals surface area contributed by atoms with Gasteiger partial charge in [0.05, 0.1) is 18.8 Å². The molecule has 2 atom stereocenters. The highest BCUT2D eigenvalue weighted by atomic mass is 16.5. The summed E-state index contributed by atoms with van der Waals surface area (Å²) in [6.07, 6.45) is 2.32. The number of hydrogen-bond donors (Lipinski definition) is 1. The molecular weight excluding hydrogens is 342 g/mol. The summed E-state index contributed by atoms with van der Waals surface area (Å²) in [5, 5.41) is 3.02. The SMILES string of the molecule is CCOc1cccc(C(C)NC(=O)c2ccc(OCC3CCCO3)cc2)c1. The lowest BCUT2D eigenvalue weighted by Crippen LogP contribution is -2.26. The first kappa shape index (κ1) is 19.2. The van der Waals surface area contributed by atoms with Crippen LogP contribution in [0.2, 0.25) is 0 Å². The molecule has 2 unspecified atom stereocenters. The fourth-order valence-electron chi connectivity index (χ4n) is 3.07. The summed E-state index contributed by atoms with van der Waals surface area (Å²) in [6.45, 7) is 5.90. The van der Waals surface area contributed by atoms with Gasteiger partial charge in [-0.1, -0.05) is 12.1 Å². The van der Waals surface area contributed by atoms with Crippen molar-refractivity contribution < 1.29 is 19.0 Å². The number of hydrogen-bond acceptors (Lipinski definition) is 4. The minimum Gasteiger partial charge on any atom is -0.494 e. The van der Waals surface area contributed by atoms with E-state index in [2.05, 4.69) is 5.32 Å². The normalized spacial score (nSPS) is 17.3. The number of carbonyl (C=O) groups excluding carboxylic acids is 1. The lowest BCUT2D eigenvalue weighted by molar-refractivity contribution is 0.0679. The predicted octanol–water partition coefficient (Wildman–Crippen LogP) is 4.13. The fourth-order valence-corrected chi connectivity index (χ4v) is 3.07.